The Bertz CT molecular complexity index is 713. The van der Waals surface area contributed by atoms with Crippen molar-refractivity contribution in [1.82, 2.24) is 9.29 Å². The van der Waals surface area contributed by atoms with Crippen LogP contribution in [0.4, 0.5) is 4.39 Å². The van der Waals surface area contributed by atoms with Crippen LogP contribution in [0.25, 0.3) is 10.9 Å². The predicted molar refractivity (Wildman–Crippen MR) is 89.4 cm³/mol. The number of fused-ring (bicyclic) bond motifs is 1. The minimum atomic E-state index is -0.972. The molecule has 5 heteroatoms. The summed E-state index contributed by atoms with van der Waals surface area (Å²) >= 11 is 0. The third kappa shape index (κ3) is 3.58. The third-order valence-electron chi connectivity index (χ3n) is 3.80. The molecule has 1 aromatic heterocycles. The number of benzene rings is 1. The first-order valence-electron chi connectivity index (χ1n) is 7.75. The Morgan fingerprint density at radius 1 is 1.36 bits per heavy atom. The predicted octanol–water partition coefficient (Wildman–Crippen LogP) is 3.74. The van der Waals surface area contributed by atoms with E-state index in [4.69, 9.17) is 0 Å². The average Bonchev–Trinajstić information content (AvgIpc) is 3.20. The zero-order valence-electron chi connectivity index (χ0n) is 13.4. The normalized spacial score (nSPS) is 17.1. The summed E-state index contributed by atoms with van der Waals surface area (Å²) in [7, 11) is -0.972. The van der Waals surface area contributed by atoms with Gasteiger partial charge in [0, 0.05) is 35.4 Å². The van der Waals surface area contributed by atoms with Crippen molar-refractivity contribution >= 4 is 21.9 Å². The lowest BCUT2D eigenvalue weighted by atomic mass is 9.97. The van der Waals surface area contributed by atoms with Crippen molar-refractivity contribution < 1.29 is 8.60 Å². The molecule has 0 amide bonds. The second-order valence-electron chi connectivity index (χ2n) is 7.32. The van der Waals surface area contributed by atoms with Gasteiger partial charge in [-0.25, -0.2) is 13.3 Å². The van der Waals surface area contributed by atoms with Gasteiger partial charge in [0.15, 0.2) is 0 Å². The van der Waals surface area contributed by atoms with Gasteiger partial charge in [0.2, 0.25) is 0 Å². The van der Waals surface area contributed by atoms with Gasteiger partial charge in [-0.2, -0.15) is 0 Å². The van der Waals surface area contributed by atoms with Crippen LogP contribution >= 0.6 is 0 Å². The maximum Gasteiger partial charge on any atom is 0.123 e. The summed E-state index contributed by atoms with van der Waals surface area (Å²) in [5.41, 5.74) is 2.18. The van der Waals surface area contributed by atoms with Gasteiger partial charge in [0.25, 0.3) is 0 Å². The molecule has 3 nitrogen and oxygen atoms in total. The van der Waals surface area contributed by atoms with Crippen LogP contribution in [-0.2, 0) is 24.1 Å². The smallest absolute Gasteiger partial charge is 0.123 e. The minimum Gasteiger partial charge on any atom is -0.347 e. The Kier molecular flexibility index (Phi) is 4.12. The quantitative estimate of drug-likeness (QED) is 0.894. The topological polar surface area (TPSA) is 34.0 Å². The molecule has 0 radical (unpaired) electrons. The van der Waals surface area contributed by atoms with E-state index in [9.17, 15) is 8.60 Å². The van der Waals surface area contributed by atoms with E-state index >= 15 is 0 Å². The fourth-order valence-corrected chi connectivity index (χ4v) is 3.77. The molecule has 0 aliphatic heterocycles. The number of halogens is 1. The molecule has 0 spiro atoms. The van der Waals surface area contributed by atoms with Crippen LogP contribution in [0.15, 0.2) is 24.4 Å². The molecule has 2 aromatic rings. The maximum absolute atomic E-state index is 13.6. The SMILES string of the molecule is CC(C)(C)Cn1cc(CNS(=O)C2CC2)c2cc(F)ccc21. The molecule has 3 rings (SSSR count). The standard InChI is InChI=1S/C17H23FN2OS/c1-17(2,3)11-20-10-12(9-19-22(21)14-5-6-14)15-8-13(18)4-7-16(15)20/h4,7-8,10,14,19H,5-6,9,11H2,1-3H3. The van der Waals surface area contributed by atoms with Crippen LogP contribution in [-0.4, -0.2) is 14.0 Å². The fourth-order valence-electron chi connectivity index (χ4n) is 2.67. The number of rotatable bonds is 5. The van der Waals surface area contributed by atoms with Crippen molar-refractivity contribution in [3.63, 3.8) is 0 Å². The van der Waals surface area contributed by atoms with Crippen molar-refractivity contribution in [3.8, 4) is 0 Å². The highest BCUT2D eigenvalue weighted by Gasteiger charge is 2.28. The third-order valence-corrected chi connectivity index (χ3v) is 5.31. The summed E-state index contributed by atoms with van der Waals surface area (Å²) in [6, 6.07) is 4.91. The first-order chi connectivity index (χ1) is 10.3. The molecule has 0 saturated heterocycles. The fraction of sp³-hybridized carbons (Fsp3) is 0.529. The highest BCUT2D eigenvalue weighted by molar-refractivity contribution is 7.83. The molecule has 1 aliphatic rings. The number of nitrogens with zero attached hydrogens (tertiary/aromatic N) is 1. The maximum atomic E-state index is 13.6. The minimum absolute atomic E-state index is 0.141. The highest BCUT2D eigenvalue weighted by atomic mass is 32.2. The molecular formula is C17H23FN2OS. The van der Waals surface area contributed by atoms with E-state index in [-0.39, 0.29) is 11.2 Å². The Morgan fingerprint density at radius 2 is 2.09 bits per heavy atom. The van der Waals surface area contributed by atoms with Gasteiger partial charge in [-0.3, -0.25) is 0 Å². The zero-order valence-corrected chi connectivity index (χ0v) is 14.2. The number of nitrogens with one attached hydrogen (secondary N) is 1. The van der Waals surface area contributed by atoms with Gasteiger partial charge >= 0.3 is 0 Å². The van der Waals surface area contributed by atoms with Gasteiger partial charge in [0.1, 0.15) is 5.82 Å². The van der Waals surface area contributed by atoms with Crippen molar-refractivity contribution in [2.45, 2.75) is 52.0 Å². The molecule has 1 aromatic carbocycles. The van der Waals surface area contributed by atoms with E-state index in [1.807, 2.05) is 6.07 Å². The molecule has 1 unspecified atom stereocenters. The van der Waals surface area contributed by atoms with Gasteiger partial charge in [-0.1, -0.05) is 20.8 Å². The van der Waals surface area contributed by atoms with Crippen molar-refractivity contribution in [2.75, 3.05) is 0 Å². The monoisotopic (exact) mass is 322 g/mol. The van der Waals surface area contributed by atoms with Gasteiger partial charge in [-0.05, 0) is 42.0 Å². The van der Waals surface area contributed by atoms with Crippen LogP contribution in [0.1, 0.15) is 39.2 Å². The summed E-state index contributed by atoms with van der Waals surface area (Å²) in [4.78, 5) is 0. The summed E-state index contributed by atoms with van der Waals surface area (Å²) < 4.78 is 30.8. The summed E-state index contributed by atoms with van der Waals surface area (Å²) in [5.74, 6) is -0.231. The van der Waals surface area contributed by atoms with Gasteiger partial charge < -0.3 is 4.57 Å². The largest absolute Gasteiger partial charge is 0.347 e. The molecule has 1 aliphatic carbocycles. The van der Waals surface area contributed by atoms with E-state index in [1.165, 1.54) is 6.07 Å². The van der Waals surface area contributed by atoms with Gasteiger partial charge in [0.05, 0.1) is 11.0 Å². The Hall–Kier alpha value is -1.20. The Balaban J connectivity index is 1.90. The number of hydrogen-bond acceptors (Lipinski definition) is 1. The lowest BCUT2D eigenvalue weighted by Crippen LogP contribution is -2.19. The molecule has 0 bridgehead atoms. The second-order valence-corrected chi connectivity index (χ2v) is 8.87. The van der Waals surface area contributed by atoms with Crippen molar-refractivity contribution in [1.29, 1.82) is 0 Å². The number of aromatic nitrogens is 1. The van der Waals surface area contributed by atoms with Crippen molar-refractivity contribution in [2.24, 2.45) is 5.41 Å². The molecular weight excluding hydrogens is 299 g/mol. The summed E-state index contributed by atoms with van der Waals surface area (Å²) in [6.45, 7) is 7.92. The molecule has 1 heterocycles. The first-order valence-corrected chi connectivity index (χ1v) is 8.96. The molecule has 1 N–H and O–H groups in total. The zero-order chi connectivity index (χ0) is 15.9. The lowest BCUT2D eigenvalue weighted by Gasteiger charge is -2.19. The van der Waals surface area contributed by atoms with E-state index < -0.39 is 11.0 Å². The summed E-state index contributed by atoms with van der Waals surface area (Å²) in [5, 5.41) is 1.21. The van der Waals surface area contributed by atoms with Crippen LogP contribution in [0.2, 0.25) is 0 Å². The van der Waals surface area contributed by atoms with Gasteiger partial charge in [-0.15, -0.1) is 0 Å². The van der Waals surface area contributed by atoms with E-state index in [0.717, 1.165) is 35.9 Å². The Morgan fingerprint density at radius 3 is 2.73 bits per heavy atom. The second kappa shape index (κ2) is 5.78. The van der Waals surface area contributed by atoms with Crippen LogP contribution < -0.4 is 4.72 Å². The van der Waals surface area contributed by atoms with Crippen LogP contribution in [0.3, 0.4) is 0 Å². The van der Waals surface area contributed by atoms with E-state index in [1.54, 1.807) is 6.07 Å². The first kappa shape index (κ1) is 15.7. The van der Waals surface area contributed by atoms with E-state index in [0.29, 0.717) is 11.8 Å². The van der Waals surface area contributed by atoms with Crippen molar-refractivity contribution in [3.05, 3.63) is 35.8 Å². The molecule has 1 atom stereocenters. The average molecular weight is 322 g/mol. The Labute approximate surface area is 133 Å². The molecule has 1 saturated carbocycles. The van der Waals surface area contributed by atoms with E-state index in [2.05, 4.69) is 36.3 Å². The lowest BCUT2D eigenvalue weighted by molar-refractivity contribution is 0.349. The molecule has 22 heavy (non-hydrogen) atoms. The summed E-state index contributed by atoms with van der Waals surface area (Å²) in [6.07, 6.45) is 4.15. The van der Waals surface area contributed by atoms with Crippen LogP contribution in [0, 0.1) is 11.2 Å². The molecule has 120 valence electrons. The molecule has 1 fully saturated rings. The van der Waals surface area contributed by atoms with Crippen LogP contribution in [0.5, 0.6) is 0 Å². The highest BCUT2D eigenvalue weighted by Crippen LogP contribution is 2.28. The number of hydrogen-bond donors (Lipinski definition) is 1.